The van der Waals surface area contributed by atoms with Crippen LogP contribution in [0.15, 0.2) is 12.3 Å². The highest BCUT2D eigenvalue weighted by atomic mass is 16.2. The second kappa shape index (κ2) is 16.2. The van der Waals surface area contributed by atoms with Gasteiger partial charge in [-0.25, -0.2) is 0 Å². The van der Waals surface area contributed by atoms with Gasteiger partial charge in [-0.15, -0.1) is 0 Å². The van der Waals surface area contributed by atoms with Gasteiger partial charge in [0.2, 0.25) is 47.3 Å². The third kappa shape index (κ3) is 9.14. The van der Waals surface area contributed by atoms with Gasteiger partial charge in [-0.2, -0.15) is 0 Å². The summed E-state index contributed by atoms with van der Waals surface area (Å²) >= 11 is 0. The molecule has 55 heavy (non-hydrogen) atoms. The maximum Gasteiger partial charge on any atom is 0.233 e. The minimum Gasteiger partial charge on any atom is -0.354 e. The van der Waals surface area contributed by atoms with Crippen molar-refractivity contribution in [2.24, 2.45) is 51.2 Å². The molecular weight excluding hydrogens is 704 g/mol. The SMILES string of the molecule is C=C1CC(C(C)C)C(=O)N1CCNC(=O)[C@@]1(C)C[C@@](C)(C(=O)NCCN2C(=O)CC(C(C)C)C2=O)C[C@@](C)(C(=O)NCCN2C(=O)CC(C(C)(C)C)C2=O)C1. The van der Waals surface area contributed by atoms with Crippen molar-refractivity contribution in [3.8, 4) is 0 Å². The van der Waals surface area contributed by atoms with Gasteiger partial charge >= 0.3 is 0 Å². The summed E-state index contributed by atoms with van der Waals surface area (Å²) in [5, 5.41) is 8.74. The summed E-state index contributed by atoms with van der Waals surface area (Å²) in [5.74, 6) is -3.11. The molecule has 6 atom stereocenters. The lowest BCUT2D eigenvalue weighted by Crippen LogP contribution is -2.58. The molecule has 0 radical (unpaired) electrons. The predicted molar refractivity (Wildman–Crippen MR) is 205 cm³/mol. The number of amides is 8. The number of hydrogen-bond acceptors (Lipinski definition) is 8. The molecule has 14 nitrogen and oxygen atoms in total. The van der Waals surface area contributed by atoms with Gasteiger partial charge in [0.25, 0.3) is 0 Å². The summed E-state index contributed by atoms with van der Waals surface area (Å²) < 4.78 is 0. The molecule has 0 aromatic rings. The highest BCUT2D eigenvalue weighted by Gasteiger charge is 2.57. The molecule has 1 saturated carbocycles. The fourth-order valence-electron chi connectivity index (χ4n) is 9.39. The number of rotatable bonds is 14. The van der Waals surface area contributed by atoms with Crippen molar-refractivity contribution in [3.05, 3.63) is 12.3 Å². The van der Waals surface area contributed by atoms with Gasteiger partial charge in [0.1, 0.15) is 0 Å². The number of nitrogens with zero attached hydrogens (tertiary/aromatic N) is 3. The van der Waals surface area contributed by atoms with Crippen LogP contribution in [0.25, 0.3) is 0 Å². The van der Waals surface area contributed by atoms with Crippen LogP contribution in [0, 0.1) is 51.2 Å². The van der Waals surface area contributed by atoms with Crippen molar-refractivity contribution in [3.63, 3.8) is 0 Å². The Kier molecular flexibility index (Phi) is 12.8. The molecule has 3 N–H and O–H groups in total. The van der Waals surface area contributed by atoms with Crippen LogP contribution in [0.2, 0.25) is 0 Å². The maximum atomic E-state index is 14.1. The van der Waals surface area contributed by atoms with E-state index in [4.69, 9.17) is 0 Å². The molecule has 306 valence electrons. The van der Waals surface area contributed by atoms with Gasteiger partial charge in [-0.1, -0.05) is 75.8 Å². The maximum absolute atomic E-state index is 14.1. The van der Waals surface area contributed by atoms with Gasteiger partial charge in [0, 0.05) is 85.9 Å². The Morgan fingerprint density at radius 3 is 1.31 bits per heavy atom. The number of allylic oxidation sites excluding steroid dienone is 1. The number of likely N-dealkylation sites (tertiary alicyclic amines) is 3. The van der Waals surface area contributed by atoms with Crippen molar-refractivity contribution in [2.75, 3.05) is 39.3 Å². The molecule has 0 spiro atoms. The first-order valence-corrected chi connectivity index (χ1v) is 19.9. The van der Waals surface area contributed by atoms with Crippen LogP contribution in [-0.4, -0.2) is 101 Å². The second-order valence-electron chi connectivity index (χ2n) is 19.0. The van der Waals surface area contributed by atoms with Crippen molar-refractivity contribution < 1.29 is 38.4 Å². The van der Waals surface area contributed by atoms with E-state index in [1.165, 1.54) is 9.80 Å². The number of carbonyl (C=O) groups is 8. The average molecular weight is 769 g/mol. The Morgan fingerprint density at radius 1 is 0.618 bits per heavy atom. The van der Waals surface area contributed by atoms with E-state index in [1.807, 2.05) is 48.5 Å². The Labute approximate surface area is 326 Å². The summed E-state index contributed by atoms with van der Waals surface area (Å²) in [4.78, 5) is 111. The van der Waals surface area contributed by atoms with Gasteiger partial charge in [0.05, 0.1) is 5.92 Å². The third-order valence-corrected chi connectivity index (χ3v) is 12.4. The molecule has 1 aliphatic carbocycles. The zero-order valence-corrected chi connectivity index (χ0v) is 34.7. The van der Waals surface area contributed by atoms with Crippen molar-refractivity contribution >= 4 is 47.3 Å². The lowest BCUT2D eigenvalue weighted by Gasteiger charge is -2.50. The Morgan fingerprint density at radius 2 is 0.964 bits per heavy atom. The Hall–Kier alpha value is -4.10. The molecule has 4 aliphatic rings. The minimum absolute atomic E-state index is 0.00532. The van der Waals surface area contributed by atoms with Crippen LogP contribution in [0.1, 0.15) is 108 Å². The normalized spacial score (nSPS) is 30.3. The molecule has 0 bridgehead atoms. The standard InChI is InChI=1S/C41H64N6O8/c1-24(2)27-18-26(5)45(32(27)50)15-12-42-35(53)39(9)21-40(10,36(54)43-13-16-46-30(48)19-28(25(3)4)33(46)51)23-41(11,22-39)37(55)44-14-17-47-31(49)20-29(34(47)52)38(6,7)8/h24-25,27-29H,5,12-23H2,1-4,6-11H3,(H,42,53)(H,43,54)(H,44,55)/t27?,28?,29?,39-,40+,41-/m0/s1. The van der Waals surface area contributed by atoms with Crippen LogP contribution in [0.4, 0.5) is 0 Å². The lowest BCUT2D eigenvalue weighted by atomic mass is 9.53. The summed E-state index contributed by atoms with van der Waals surface area (Å²) in [6, 6.07) is 0. The van der Waals surface area contributed by atoms with Gasteiger partial charge in [-0.05, 0) is 42.9 Å². The van der Waals surface area contributed by atoms with E-state index in [0.717, 1.165) is 0 Å². The Balaban J connectivity index is 1.48. The van der Waals surface area contributed by atoms with Crippen LogP contribution in [-0.2, 0) is 38.4 Å². The topological polar surface area (TPSA) is 182 Å². The summed E-state index contributed by atoms with van der Waals surface area (Å²) in [6.45, 7) is 23.2. The molecule has 8 amide bonds. The van der Waals surface area contributed by atoms with Crippen LogP contribution < -0.4 is 16.0 Å². The first kappa shape index (κ1) is 43.6. The van der Waals surface area contributed by atoms with Crippen LogP contribution >= 0.6 is 0 Å². The summed E-state index contributed by atoms with van der Waals surface area (Å²) in [5.41, 5.74) is -3.33. The molecule has 14 heteroatoms. The summed E-state index contributed by atoms with van der Waals surface area (Å²) in [7, 11) is 0. The second-order valence-corrected chi connectivity index (χ2v) is 19.0. The van der Waals surface area contributed by atoms with Crippen molar-refractivity contribution in [1.29, 1.82) is 0 Å². The number of carbonyl (C=O) groups excluding carboxylic acids is 8. The molecule has 3 unspecified atom stereocenters. The van der Waals surface area contributed by atoms with E-state index in [1.54, 1.807) is 25.7 Å². The van der Waals surface area contributed by atoms with Crippen molar-refractivity contribution in [1.82, 2.24) is 30.7 Å². The van der Waals surface area contributed by atoms with E-state index in [-0.39, 0.29) is 130 Å². The van der Waals surface area contributed by atoms with E-state index >= 15 is 0 Å². The number of hydrogen-bond donors (Lipinski definition) is 3. The lowest BCUT2D eigenvalue weighted by molar-refractivity contribution is -0.155. The zero-order chi connectivity index (χ0) is 41.4. The molecule has 0 aromatic carbocycles. The first-order valence-electron chi connectivity index (χ1n) is 19.9. The number of imide groups is 2. The van der Waals surface area contributed by atoms with E-state index in [0.29, 0.717) is 12.1 Å². The van der Waals surface area contributed by atoms with Crippen molar-refractivity contribution in [2.45, 2.75) is 108 Å². The zero-order valence-electron chi connectivity index (χ0n) is 34.7. The van der Waals surface area contributed by atoms with Crippen LogP contribution in [0.5, 0.6) is 0 Å². The fourth-order valence-corrected chi connectivity index (χ4v) is 9.39. The molecular formula is C41H64N6O8. The average Bonchev–Trinajstić information content (AvgIpc) is 3.64. The smallest absolute Gasteiger partial charge is 0.233 e. The number of nitrogens with one attached hydrogen (secondary N) is 3. The van der Waals surface area contributed by atoms with Gasteiger partial charge in [-0.3, -0.25) is 48.2 Å². The molecule has 4 fully saturated rings. The minimum atomic E-state index is -1.22. The van der Waals surface area contributed by atoms with Crippen LogP contribution in [0.3, 0.4) is 0 Å². The monoisotopic (exact) mass is 768 g/mol. The predicted octanol–water partition coefficient (Wildman–Crippen LogP) is 3.01. The molecule has 3 aliphatic heterocycles. The molecule has 3 saturated heterocycles. The highest BCUT2D eigenvalue weighted by molar-refractivity contribution is 6.04. The van der Waals surface area contributed by atoms with E-state index in [9.17, 15) is 38.4 Å². The quantitative estimate of drug-likeness (QED) is 0.226. The molecule has 4 rings (SSSR count). The first-order chi connectivity index (χ1) is 25.3. The molecule has 0 aromatic heterocycles. The largest absolute Gasteiger partial charge is 0.354 e. The van der Waals surface area contributed by atoms with Gasteiger partial charge < -0.3 is 20.9 Å². The Bertz CT molecular complexity index is 1540. The van der Waals surface area contributed by atoms with E-state index < -0.39 is 39.9 Å². The summed E-state index contributed by atoms with van der Waals surface area (Å²) in [6.07, 6.45) is 1.12. The fraction of sp³-hybridized carbons (Fsp3) is 0.756. The highest BCUT2D eigenvalue weighted by Crippen LogP contribution is 2.55. The third-order valence-electron chi connectivity index (χ3n) is 12.4. The van der Waals surface area contributed by atoms with Gasteiger partial charge in [0.15, 0.2) is 0 Å². The molecule has 3 heterocycles. The van der Waals surface area contributed by atoms with E-state index in [2.05, 4.69) is 22.5 Å².